The van der Waals surface area contributed by atoms with E-state index in [1.54, 1.807) is 25.1 Å². The van der Waals surface area contributed by atoms with Crippen LogP contribution in [-0.4, -0.2) is 24.1 Å². The minimum absolute atomic E-state index is 0.0756. The molecule has 0 aliphatic carbocycles. The Bertz CT molecular complexity index is 743. The summed E-state index contributed by atoms with van der Waals surface area (Å²) in [5, 5.41) is 8.71. The van der Waals surface area contributed by atoms with Crippen molar-refractivity contribution in [2.24, 2.45) is 4.99 Å². The fourth-order valence-electron chi connectivity index (χ4n) is 2.21. The van der Waals surface area contributed by atoms with Crippen LogP contribution in [0.25, 0.3) is 6.08 Å². The summed E-state index contributed by atoms with van der Waals surface area (Å²) in [6, 6.07) is 5.45. The highest BCUT2D eigenvalue weighted by Gasteiger charge is 2.31. The van der Waals surface area contributed by atoms with Crippen LogP contribution in [0.5, 0.6) is 0 Å². The minimum Gasteiger partial charge on any atom is -0.393 e. The maximum absolute atomic E-state index is 12.8. The van der Waals surface area contributed by atoms with Gasteiger partial charge in [0.2, 0.25) is 0 Å². The van der Waals surface area contributed by atoms with Gasteiger partial charge in [-0.3, -0.25) is 4.99 Å². The summed E-state index contributed by atoms with van der Waals surface area (Å²) >= 11 is 5.53. The number of benzene rings is 1. The predicted octanol–water partition coefficient (Wildman–Crippen LogP) is 7.56. The molecule has 160 valence electrons. The van der Waals surface area contributed by atoms with Crippen molar-refractivity contribution < 1.29 is 18.3 Å². The zero-order valence-corrected chi connectivity index (χ0v) is 17.9. The molecule has 0 aliphatic rings. The smallest absolute Gasteiger partial charge is 0.393 e. The Morgan fingerprint density at radius 3 is 2.41 bits per heavy atom. The standard InChI is InChI=1S/C17H17ClF3N.C6H12O/c1-4-14-11-13(8-9-16(14)22-3)6-5-7-15(10-12(2)18)17(19,20)21;1-3-4-5-6(2)7/h5-11H,3-4H2,1-2H3;3,6-7H,1,4-5H2,2H3/b6-5+,12-10+,15-7+;. The van der Waals surface area contributed by atoms with E-state index in [0.29, 0.717) is 0 Å². The normalized spacial score (nSPS) is 13.7. The van der Waals surface area contributed by atoms with E-state index in [-0.39, 0.29) is 11.1 Å². The lowest BCUT2D eigenvalue weighted by Gasteiger charge is -2.07. The first-order chi connectivity index (χ1) is 13.5. The monoisotopic (exact) mass is 427 g/mol. The van der Waals surface area contributed by atoms with Crippen molar-refractivity contribution >= 4 is 30.1 Å². The van der Waals surface area contributed by atoms with Gasteiger partial charge in [0.25, 0.3) is 0 Å². The number of nitrogens with zero attached hydrogens (tertiary/aromatic N) is 1. The van der Waals surface area contributed by atoms with Crippen LogP contribution < -0.4 is 0 Å². The molecule has 1 aromatic rings. The highest BCUT2D eigenvalue weighted by atomic mass is 35.5. The lowest BCUT2D eigenvalue weighted by molar-refractivity contribution is -0.0882. The van der Waals surface area contributed by atoms with E-state index >= 15 is 0 Å². The molecule has 1 N–H and O–H groups in total. The number of aryl methyl sites for hydroxylation is 1. The van der Waals surface area contributed by atoms with Gasteiger partial charge in [0.1, 0.15) is 0 Å². The Balaban J connectivity index is 0.000000956. The van der Waals surface area contributed by atoms with E-state index in [2.05, 4.69) is 18.3 Å². The van der Waals surface area contributed by atoms with Gasteiger partial charge in [0.05, 0.1) is 17.4 Å². The number of rotatable bonds is 8. The van der Waals surface area contributed by atoms with Gasteiger partial charge in [-0.25, -0.2) is 0 Å². The van der Waals surface area contributed by atoms with Crippen molar-refractivity contribution in [1.29, 1.82) is 0 Å². The number of aliphatic imine (C=N–C) groups is 1. The third-order valence-electron chi connectivity index (χ3n) is 3.69. The maximum Gasteiger partial charge on any atom is 0.416 e. The third kappa shape index (κ3) is 12.1. The Morgan fingerprint density at radius 1 is 1.34 bits per heavy atom. The largest absolute Gasteiger partial charge is 0.416 e. The Labute approximate surface area is 176 Å². The molecule has 2 nitrogen and oxygen atoms in total. The number of hydrogen-bond acceptors (Lipinski definition) is 2. The molecule has 0 fully saturated rings. The van der Waals surface area contributed by atoms with E-state index in [0.717, 1.165) is 48.2 Å². The molecular formula is C23H29ClF3NO. The summed E-state index contributed by atoms with van der Waals surface area (Å²) in [5.41, 5.74) is 1.78. The van der Waals surface area contributed by atoms with Crippen molar-refractivity contribution in [1.82, 2.24) is 0 Å². The molecule has 0 saturated carbocycles. The summed E-state index contributed by atoms with van der Waals surface area (Å²) in [7, 11) is 0. The van der Waals surface area contributed by atoms with E-state index in [1.165, 1.54) is 13.0 Å². The summed E-state index contributed by atoms with van der Waals surface area (Å²) in [6.45, 7) is 12.2. The van der Waals surface area contributed by atoms with Crippen molar-refractivity contribution in [3.63, 3.8) is 0 Å². The van der Waals surface area contributed by atoms with Crippen LogP contribution in [-0.2, 0) is 6.42 Å². The number of alkyl halides is 3. The first-order valence-corrected chi connectivity index (χ1v) is 9.60. The Hall–Kier alpha value is -2.11. The van der Waals surface area contributed by atoms with Crippen molar-refractivity contribution in [3.05, 3.63) is 70.8 Å². The minimum atomic E-state index is -4.44. The van der Waals surface area contributed by atoms with Gasteiger partial charge in [-0.1, -0.05) is 42.8 Å². The fraction of sp³-hybridized carbons (Fsp3) is 0.348. The van der Waals surface area contributed by atoms with Gasteiger partial charge in [-0.2, -0.15) is 13.2 Å². The van der Waals surface area contributed by atoms with Crippen LogP contribution in [0, 0.1) is 0 Å². The summed E-state index contributed by atoms with van der Waals surface area (Å²) in [4.78, 5) is 3.90. The van der Waals surface area contributed by atoms with Crippen molar-refractivity contribution in [3.8, 4) is 0 Å². The number of allylic oxidation sites excluding steroid dienone is 6. The van der Waals surface area contributed by atoms with Gasteiger partial charge in [0, 0.05) is 5.03 Å². The van der Waals surface area contributed by atoms with Gasteiger partial charge in [-0.15, -0.1) is 6.58 Å². The van der Waals surface area contributed by atoms with Crippen LogP contribution >= 0.6 is 11.6 Å². The first kappa shape index (κ1) is 26.9. The quantitative estimate of drug-likeness (QED) is 0.259. The third-order valence-corrected chi connectivity index (χ3v) is 3.80. The molecule has 0 aromatic heterocycles. The zero-order chi connectivity index (χ0) is 22.4. The number of hydrogen-bond donors (Lipinski definition) is 1. The van der Waals surface area contributed by atoms with Crippen LogP contribution in [0.15, 0.2) is 64.7 Å². The number of aliphatic hydroxyl groups is 1. The molecule has 0 bridgehead atoms. The molecule has 1 rings (SSSR count). The average molecular weight is 428 g/mol. The maximum atomic E-state index is 12.8. The zero-order valence-electron chi connectivity index (χ0n) is 17.1. The van der Waals surface area contributed by atoms with Crippen LogP contribution in [0.2, 0.25) is 0 Å². The molecule has 0 saturated heterocycles. The first-order valence-electron chi connectivity index (χ1n) is 9.23. The number of halogens is 4. The molecule has 0 radical (unpaired) electrons. The van der Waals surface area contributed by atoms with Gasteiger partial charge in [-0.05, 0) is 75.2 Å². The van der Waals surface area contributed by atoms with E-state index < -0.39 is 11.7 Å². The van der Waals surface area contributed by atoms with Crippen LogP contribution in [0.1, 0.15) is 44.7 Å². The van der Waals surface area contributed by atoms with Crippen LogP contribution in [0.3, 0.4) is 0 Å². The summed E-state index contributed by atoms with van der Waals surface area (Å²) in [6.07, 6.45) is 4.58. The fourth-order valence-corrected chi connectivity index (χ4v) is 2.32. The average Bonchev–Trinajstić information content (AvgIpc) is 2.64. The van der Waals surface area contributed by atoms with E-state index in [4.69, 9.17) is 16.7 Å². The van der Waals surface area contributed by atoms with E-state index in [9.17, 15) is 13.2 Å². The number of aliphatic hydroxyl groups excluding tert-OH is 1. The molecule has 0 heterocycles. The predicted molar refractivity (Wildman–Crippen MR) is 119 cm³/mol. The molecule has 1 unspecified atom stereocenters. The molecule has 29 heavy (non-hydrogen) atoms. The molecule has 0 amide bonds. The van der Waals surface area contributed by atoms with Gasteiger partial charge in [0.15, 0.2) is 0 Å². The summed E-state index contributed by atoms with van der Waals surface area (Å²) < 4.78 is 38.4. The van der Waals surface area contributed by atoms with Gasteiger partial charge < -0.3 is 5.11 Å². The molecular weight excluding hydrogens is 399 g/mol. The second-order valence-electron chi connectivity index (χ2n) is 6.32. The topological polar surface area (TPSA) is 32.6 Å². The Morgan fingerprint density at radius 2 is 2.00 bits per heavy atom. The van der Waals surface area contributed by atoms with E-state index in [1.807, 2.05) is 19.1 Å². The summed E-state index contributed by atoms with van der Waals surface area (Å²) in [5.74, 6) is 0. The highest BCUT2D eigenvalue weighted by molar-refractivity contribution is 6.29. The molecule has 0 aliphatic heterocycles. The highest BCUT2D eigenvalue weighted by Crippen LogP contribution is 2.28. The van der Waals surface area contributed by atoms with Crippen LogP contribution in [0.4, 0.5) is 18.9 Å². The molecule has 1 atom stereocenters. The second kappa shape index (κ2) is 14.0. The molecule has 1 aromatic carbocycles. The second-order valence-corrected chi connectivity index (χ2v) is 6.92. The Kier molecular flexibility index (Phi) is 12.9. The lowest BCUT2D eigenvalue weighted by Crippen LogP contribution is -2.09. The van der Waals surface area contributed by atoms with Crippen molar-refractivity contribution in [2.45, 2.75) is 52.3 Å². The van der Waals surface area contributed by atoms with Crippen molar-refractivity contribution in [2.75, 3.05) is 0 Å². The SMILES string of the molecule is C=CCCC(C)O.C=Nc1ccc(/C=C/C=C(\C=C(/C)Cl)C(F)(F)F)cc1CC. The lowest BCUT2D eigenvalue weighted by atomic mass is 10.1. The molecule has 6 heteroatoms. The van der Waals surface area contributed by atoms with Gasteiger partial charge >= 0.3 is 6.18 Å². The molecule has 0 spiro atoms.